The molecule has 0 saturated carbocycles. The highest BCUT2D eigenvalue weighted by Crippen LogP contribution is 2.30. The highest BCUT2D eigenvalue weighted by atomic mass is 19.4. The van der Waals surface area contributed by atoms with Crippen LogP contribution in [0.1, 0.15) is 30.9 Å². The van der Waals surface area contributed by atoms with Gasteiger partial charge in [-0.1, -0.05) is 30.3 Å². The Kier molecular flexibility index (Phi) is 7.33. The number of hydrogen-bond acceptors (Lipinski definition) is 3. The van der Waals surface area contributed by atoms with Crippen molar-refractivity contribution in [3.63, 3.8) is 0 Å². The molecule has 1 heterocycles. The summed E-state index contributed by atoms with van der Waals surface area (Å²) in [6, 6.07) is 13.6. The number of amides is 2. The second-order valence-electron chi connectivity index (χ2n) is 7.75. The van der Waals surface area contributed by atoms with Gasteiger partial charge in [-0.15, -0.1) is 0 Å². The van der Waals surface area contributed by atoms with Gasteiger partial charge in [-0.05, 0) is 62.7 Å². The Bertz CT molecular complexity index is 877. The summed E-state index contributed by atoms with van der Waals surface area (Å²) >= 11 is 0. The summed E-state index contributed by atoms with van der Waals surface area (Å²) in [6.45, 7) is 3.46. The molecule has 0 aliphatic carbocycles. The maximum Gasteiger partial charge on any atom is 0.416 e. The standard InChI is InChI=1S/C23H26F3N3O2/c1-16(21(30)28-20-9-7-19(8-10-20)23(24,25)26)29-13-11-18(12-14-29)22(31)27-15-17-5-3-2-4-6-17/h2-10,16,18H,11-15H2,1H3,(H,27,31)(H,28,30). The van der Waals surface area contributed by atoms with Crippen molar-refractivity contribution in [3.05, 3.63) is 65.7 Å². The number of rotatable bonds is 6. The number of nitrogens with one attached hydrogen (secondary N) is 2. The van der Waals surface area contributed by atoms with Crippen LogP contribution >= 0.6 is 0 Å². The molecule has 0 aromatic heterocycles. The first-order chi connectivity index (χ1) is 14.7. The lowest BCUT2D eigenvalue weighted by molar-refractivity contribution is -0.137. The van der Waals surface area contributed by atoms with Crippen LogP contribution in [0.5, 0.6) is 0 Å². The van der Waals surface area contributed by atoms with Crippen LogP contribution in [0, 0.1) is 5.92 Å². The number of nitrogens with zero attached hydrogens (tertiary/aromatic N) is 1. The van der Waals surface area contributed by atoms with E-state index in [1.165, 1.54) is 12.1 Å². The van der Waals surface area contributed by atoms with Gasteiger partial charge >= 0.3 is 6.18 Å². The maximum absolute atomic E-state index is 12.7. The van der Waals surface area contributed by atoms with Crippen LogP contribution < -0.4 is 10.6 Å². The SMILES string of the molecule is CC(C(=O)Nc1ccc(C(F)(F)F)cc1)N1CCC(C(=O)NCc2ccccc2)CC1. The summed E-state index contributed by atoms with van der Waals surface area (Å²) in [6.07, 6.45) is -3.11. The summed E-state index contributed by atoms with van der Waals surface area (Å²) in [5.41, 5.74) is 0.605. The molecule has 1 aliphatic rings. The van der Waals surface area contributed by atoms with Crippen molar-refractivity contribution in [2.45, 2.75) is 38.5 Å². The first kappa shape index (κ1) is 22.8. The van der Waals surface area contributed by atoms with Crippen LogP contribution in [-0.2, 0) is 22.3 Å². The molecule has 1 unspecified atom stereocenters. The average molecular weight is 433 g/mol. The Morgan fingerprint density at radius 2 is 1.65 bits per heavy atom. The summed E-state index contributed by atoms with van der Waals surface area (Å²) < 4.78 is 38.0. The molecule has 2 amide bonds. The van der Waals surface area contributed by atoms with E-state index in [2.05, 4.69) is 10.6 Å². The molecule has 2 aromatic carbocycles. The van der Waals surface area contributed by atoms with Crippen molar-refractivity contribution in [1.82, 2.24) is 10.2 Å². The van der Waals surface area contributed by atoms with E-state index in [9.17, 15) is 22.8 Å². The Balaban J connectivity index is 1.45. The molecule has 2 N–H and O–H groups in total. The lowest BCUT2D eigenvalue weighted by Crippen LogP contribution is -2.48. The topological polar surface area (TPSA) is 61.4 Å². The zero-order valence-electron chi connectivity index (χ0n) is 17.3. The number of alkyl halides is 3. The molecule has 8 heteroatoms. The molecular formula is C23H26F3N3O2. The third-order valence-electron chi connectivity index (χ3n) is 5.62. The van der Waals surface area contributed by atoms with Crippen LogP contribution in [0.2, 0.25) is 0 Å². The van der Waals surface area contributed by atoms with Crippen molar-refractivity contribution in [2.75, 3.05) is 18.4 Å². The molecule has 31 heavy (non-hydrogen) atoms. The second-order valence-corrected chi connectivity index (χ2v) is 7.75. The minimum absolute atomic E-state index is 0.0189. The Hall–Kier alpha value is -2.87. The highest BCUT2D eigenvalue weighted by molar-refractivity contribution is 5.94. The zero-order valence-corrected chi connectivity index (χ0v) is 17.3. The number of anilines is 1. The predicted octanol–water partition coefficient (Wildman–Crippen LogP) is 4.06. The largest absolute Gasteiger partial charge is 0.416 e. The fourth-order valence-electron chi connectivity index (χ4n) is 3.63. The van der Waals surface area contributed by atoms with E-state index < -0.39 is 17.8 Å². The first-order valence-electron chi connectivity index (χ1n) is 10.3. The molecular weight excluding hydrogens is 407 g/mol. The average Bonchev–Trinajstić information content (AvgIpc) is 2.77. The van der Waals surface area contributed by atoms with Crippen molar-refractivity contribution >= 4 is 17.5 Å². The van der Waals surface area contributed by atoms with E-state index in [4.69, 9.17) is 0 Å². The summed E-state index contributed by atoms with van der Waals surface area (Å²) in [5, 5.41) is 5.63. The van der Waals surface area contributed by atoms with Gasteiger partial charge in [0.15, 0.2) is 0 Å². The molecule has 3 rings (SSSR count). The monoisotopic (exact) mass is 433 g/mol. The van der Waals surface area contributed by atoms with E-state index >= 15 is 0 Å². The normalized spacial score (nSPS) is 16.5. The molecule has 166 valence electrons. The van der Waals surface area contributed by atoms with Gasteiger partial charge in [0.05, 0.1) is 11.6 Å². The number of likely N-dealkylation sites (tertiary alicyclic amines) is 1. The van der Waals surface area contributed by atoms with Gasteiger partial charge in [0.25, 0.3) is 0 Å². The predicted molar refractivity (Wildman–Crippen MR) is 112 cm³/mol. The van der Waals surface area contributed by atoms with Gasteiger partial charge in [0.1, 0.15) is 0 Å². The van der Waals surface area contributed by atoms with Crippen molar-refractivity contribution in [3.8, 4) is 0 Å². The Morgan fingerprint density at radius 3 is 2.23 bits per heavy atom. The van der Waals surface area contributed by atoms with E-state index in [1.807, 2.05) is 35.2 Å². The summed E-state index contributed by atoms with van der Waals surface area (Å²) in [7, 11) is 0. The maximum atomic E-state index is 12.7. The lowest BCUT2D eigenvalue weighted by atomic mass is 9.94. The molecule has 0 spiro atoms. The van der Waals surface area contributed by atoms with Gasteiger partial charge in [-0.3, -0.25) is 14.5 Å². The van der Waals surface area contributed by atoms with Crippen molar-refractivity contribution < 1.29 is 22.8 Å². The quantitative estimate of drug-likeness (QED) is 0.722. The fourth-order valence-corrected chi connectivity index (χ4v) is 3.63. The third-order valence-corrected chi connectivity index (χ3v) is 5.62. The van der Waals surface area contributed by atoms with Gasteiger partial charge < -0.3 is 10.6 Å². The van der Waals surface area contributed by atoms with E-state index in [0.717, 1.165) is 17.7 Å². The second kappa shape index (κ2) is 9.96. The molecule has 0 bridgehead atoms. The number of carbonyl (C=O) groups excluding carboxylic acids is 2. The zero-order chi connectivity index (χ0) is 22.4. The molecule has 1 fully saturated rings. The molecule has 1 aliphatic heterocycles. The van der Waals surface area contributed by atoms with Crippen LogP contribution in [0.25, 0.3) is 0 Å². The molecule has 0 radical (unpaired) electrons. The molecule has 5 nitrogen and oxygen atoms in total. The van der Waals surface area contributed by atoms with Crippen LogP contribution in [-0.4, -0.2) is 35.8 Å². The summed E-state index contributed by atoms with van der Waals surface area (Å²) in [4.78, 5) is 26.9. The molecule has 2 aromatic rings. The smallest absolute Gasteiger partial charge is 0.352 e. The van der Waals surface area contributed by atoms with Gasteiger partial charge in [0.2, 0.25) is 11.8 Å². The number of hydrogen-bond donors (Lipinski definition) is 2. The minimum atomic E-state index is -4.41. The van der Waals surface area contributed by atoms with Crippen LogP contribution in [0.3, 0.4) is 0 Å². The number of carbonyl (C=O) groups is 2. The number of benzene rings is 2. The van der Waals surface area contributed by atoms with Crippen LogP contribution in [0.15, 0.2) is 54.6 Å². The van der Waals surface area contributed by atoms with E-state index in [1.54, 1.807) is 6.92 Å². The Labute approximate surface area is 179 Å². The van der Waals surface area contributed by atoms with Crippen molar-refractivity contribution in [1.29, 1.82) is 0 Å². The third kappa shape index (κ3) is 6.30. The lowest BCUT2D eigenvalue weighted by Gasteiger charge is -2.34. The molecule has 1 atom stereocenters. The van der Waals surface area contributed by atoms with E-state index in [-0.39, 0.29) is 17.7 Å². The first-order valence-corrected chi connectivity index (χ1v) is 10.3. The minimum Gasteiger partial charge on any atom is -0.352 e. The number of piperidine rings is 1. The fraction of sp³-hybridized carbons (Fsp3) is 0.391. The summed E-state index contributed by atoms with van der Waals surface area (Å²) in [5.74, 6) is -0.359. The molecule has 1 saturated heterocycles. The van der Waals surface area contributed by atoms with Gasteiger partial charge in [-0.25, -0.2) is 0 Å². The Morgan fingerprint density at radius 1 is 1.03 bits per heavy atom. The van der Waals surface area contributed by atoms with Gasteiger partial charge in [0, 0.05) is 18.2 Å². The van der Waals surface area contributed by atoms with Gasteiger partial charge in [-0.2, -0.15) is 13.2 Å². The highest BCUT2D eigenvalue weighted by Gasteiger charge is 2.31. The van der Waals surface area contributed by atoms with E-state index in [0.29, 0.717) is 38.2 Å². The van der Waals surface area contributed by atoms with Crippen molar-refractivity contribution in [2.24, 2.45) is 5.92 Å². The van der Waals surface area contributed by atoms with Crippen LogP contribution in [0.4, 0.5) is 18.9 Å². The number of halogens is 3.